The SMILES string of the molecule is CC(NCc1nnc2n1CCCC2)C(=O)NCc1ccccc1F. The summed E-state index contributed by atoms with van der Waals surface area (Å²) >= 11 is 0. The second-order valence-electron chi connectivity index (χ2n) is 6.05. The summed E-state index contributed by atoms with van der Waals surface area (Å²) in [4.78, 5) is 12.1. The third-order valence-electron chi connectivity index (χ3n) is 4.31. The molecule has 2 heterocycles. The first-order valence-corrected chi connectivity index (χ1v) is 8.30. The van der Waals surface area contributed by atoms with Crippen molar-refractivity contribution >= 4 is 5.91 Å². The van der Waals surface area contributed by atoms with Gasteiger partial charge in [0.2, 0.25) is 5.91 Å². The van der Waals surface area contributed by atoms with Crippen molar-refractivity contribution in [1.29, 1.82) is 0 Å². The Morgan fingerprint density at radius 1 is 1.29 bits per heavy atom. The minimum absolute atomic E-state index is 0.170. The van der Waals surface area contributed by atoms with Crippen LogP contribution in [0.5, 0.6) is 0 Å². The highest BCUT2D eigenvalue weighted by Gasteiger charge is 2.18. The standard InChI is InChI=1S/C17H22FN5O/c1-12(17(24)20-10-13-6-2-3-7-14(13)18)19-11-16-22-21-15-8-4-5-9-23(15)16/h2-3,6-7,12,19H,4-5,8-11H2,1H3,(H,20,24). The first kappa shape index (κ1) is 16.6. The molecule has 0 aliphatic carbocycles. The van der Waals surface area contributed by atoms with Crippen LogP contribution in [0.1, 0.15) is 37.0 Å². The maximum absolute atomic E-state index is 13.6. The van der Waals surface area contributed by atoms with Gasteiger partial charge in [0.1, 0.15) is 17.5 Å². The summed E-state index contributed by atoms with van der Waals surface area (Å²) in [5, 5.41) is 14.3. The molecule has 0 spiro atoms. The van der Waals surface area contributed by atoms with Gasteiger partial charge in [-0.3, -0.25) is 10.1 Å². The van der Waals surface area contributed by atoms with Gasteiger partial charge in [-0.15, -0.1) is 10.2 Å². The lowest BCUT2D eigenvalue weighted by atomic mass is 10.1. The summed E-state index contributed by atoms with van der Waals surface area (Å²) in [6.07, 6.45) is 3.25. The zero-order valence-electron chi connectivity index (χ0n) is 13.8. The predicted molar refractivity (Wildman–Crippen MR) is 87.5 cm³/mol. The average Bonchev–Trinajstić information content (AvgIpc) is 3.02. The van der Waals surface area contributed by atoms with Crippen molar-refractivity contribution in [2.45, 2.75) is 51.9 Å². The van der Waals surface area contributed by atoms with Gasteiger partial charge < -0.3 is 9.88 Å². The quantitative estimate of drug-likeness (QED) is 0.842. The Bertz CT molecular complexity index is 715. The van der Waals surface area contributed by atoms with E-state index in [1.54, 1.807) is 25.1 Å². The molecule has 0 bridgehead atoms. The van der Waals surface area contributed by atoms with Crippen LogP contribution in [-0.2, 0) is 30.8 Å². The van der Waals surface area contributed by atoms with Gasteiger partial charge in [-0.25, -0.2) is 4.39 Å². The zero-order valence-corrected chi connectivity index (χ0v) is 13.8. The van der Waals surface area contributed by atoms with E-state index in [4.69, 9.17) is 0 Å². The van der Waals surface area contributed by atoms with Crippen molar-refractivity contribution in [3.05, 3.63) is 47.3 Å². The molecule has 3 rings (SSSR count). The Morgan fingerprint density at radius 2 is 2.12 bits per heavy atom. The van der Waals surface area contributed by atoms with E-state index in [1.165, 1.54) is 6.07 Å². The highest BCUT2D eigenvalue weighted by molar-refractivity contribution is 5.81. The zero-order chi connectivity index (χ0) is 16.9. The second kappa shape index (κ2) is 7.53. The molecular formula is C17H22FN5O. The highest BCUT2D eigenvalue weighted by atomic mass is 19.1. The van der Waals surface area contributed by atoms with Crippen LogP contribution in [0.25, 0.3) is 0 Å². The largest absolute Gasteiger partial charge is 0.351 e. The molecule has 1 aromatic heterocycles. The number of rotatable bonds is 6. The van der Waals surface area contributed by atoms with Gasteiger partial charge in [0, 0.05) is 25.1 Å². The van der Waals surface area contributed by atoms with Crippen LogP contribution >= 0.6 is 0 Å². The van der Waals surface area contributed by atoms with Gasteiger partial charge in [-0.1, -0.05) is 18.2 Å². The first-order valence-electron chi connectivity index (χ1n) is 8.30. The summed E-state index contributed by atoms with van der Waals surface area (Å²) in [5.74, 6) is 1.40. The molecule has 1 amide bonds. The number of aromatic nitrogens is 3. The van der Waals surface area contributed by atoms with Crippen LogP contribution in [-0.4, -0.2) is 26.7 Å². The number of hydrogen-bond acceptors (Lipinski definition) is 4. The van der Waals surface area contributed by atoms with Crippen molar-refractivity contribution in [1.82, 2.24) is 25.4 Å². The first-order chi connectivity index (χ1) is 11.6. The summed E-state index contributed by atoms with van der Waals surface area (Å²) < 4.78 is 15.7. The molecule has 1 atom stereocenters. The van der Waals surface area contributed by atoms with Gasteiger partial charge in [0.25, 0.3) is 0 Å². The number of halogens is 1. The van der Waals surface area contributed by atoms with E-state index >= 15 is 0 Å². The molecule has 0 fully saturated rings. The lowest BCUT2D eigenvalue weighted by Gasteiger charge is -2.17. The number of nitrogens with one attached hydrogen (secondary N) is 2. The number of carbonyl (C=O) groups is 1. The van der Waals surface area contributed by atoms with Crippen LogP contribution in [0.15, 0.2) is 24.3 Å². The third-order valence-corrected chi connectivity index (χ3v) is 4.31. The van der Waals surface area contributed by atoms with Gasteiger partial charge in [0.05, 0.1) is 12.6 Å². The van der Waals surface area contributed by atoms with Crippen molar-refractivity contribution in [3.63, 3.8) is 0 Å². The molecule has 1 aromatic carbocycles. The Kier molecular flexibility index (Phi) is 5.20. The number of aryl methyl sites for hydroxylation is 1. The fourth-order valence-electron chi connectivity index (χ4n) is 2.81. The predicted octanol–water partition coefficient (Wildman–Crippen LogP) is 1.55. The Labute approximate surface area is 140 Å². The molecule has 1 aliphatic rings. The van der Waals surface area contributed by atoms with E-state index in [9.17, 15) is 9.18 Å². The van der Waals surface area contributed by atoms with Gasteiger partial charge in [-0.2, -0.15) is 0 Å². The Morgan fingerprint density at radius 3 is 2.96 bits per heavy atom. The number of benzene rings is 1. The lowest BCUT2D eigenvalue weighted by Crippen LogP contribution is -2.42. The molecule has 2 aromatic rings. The fraction of sp³-hybridized carbons (Fsp3) is 0.471. The van der Waals surface area contributed by atoms with Crippen LogP contribution < -0.4 is 10.6 Å². The fourth-order valence-corrected chi connectivity index (χ4v) is 2.81. The normalized spacial score (nSPS) is 14.9. The van der Waals surface area contributed by atoms with Crippen LogP contribution in [0.4, 0.5) is 4.39 Å². The number of amides is 1. The van der Waals surface area contributed by atoms with Crippen molar-refractivity contribution in [2.75, 3.05) is 0 Å². The number of carbonyl (C=O) groups excluding carboxylic acids is 1. The van der Waals surface area contributed by atoms with E-state index in [-0.39, 0.29) is 18.3 Å². The van der Waals surface area contributed by atoms with E-state index < -0.39 is 6.04 Å². The van der Waals surface area contributed by atoms with Gasteiger partial charge in [-0.05, 0) is 25.8 Å². The number of hydrogen-bond donors (Lipinski definition) is 2. The van der Waals surface area contributed by atoms with E-state index in [0.717, 1.165) is 37.5 Å². The molecule has 2 N–H and O–H groups in total. The maximum Gasteiger partial charge on any atom is 0.237 e. The molecular weight excluding hydrogens is 309 g/mol. The van der Waals surface area contributed by atoms with E-state index in [0.29, 0.717) is 12.1 Å². The second-order valence-corrected chi connectivity index (χ2v) is 6.05. The molecule has 1 aliphatic heterocycles. The molecule has 1 unspecified atom stereocenters. The van der Waals surface area contributed by atoms with E-state index in [1.807, 2.05) is 0 Å². The van der Waals surface area contributed by atoms with Crippen molar-refractivity contribution in [3.8, 4) is 0 Å². The van der Waals surface area contributed by atoms with Gasteiger partial charge in [0.15, 0.2) is 0 Å². The summed E-state index contributed by atoms with van der Waals surface area (Å²) in [6, 6.07) is 6.03. The molecule has 0 saturated carbocycles. The molecule has 0 radical (unpaired) electrons. The highest BCUT2D eigenvalue weighted by Crippen LogP contribution is 2.14. The smallest absolute Gasteiger partial charge is 0.237 e. The lowest BCUT2D eigenvalue weighted by molar-refractivity contribution is -0.123. The molecule has 0 saturated heterocycles. The summed E-state index contributed by atoms with van der Waals surface area (Å²) in [5.41, 5.74) is 0.476. The van der Waals surface area contributed by atoms with Crippen LogP contribution in [0, 0.1) is 5.82 Å². The number of nitrogens with zero attached hydrogens (tertiary/aromatic N) is 3. The topological polar surface area (TPSA) is 71.8 Å². The Balaban J connectivity index is 1.50. The molecule has 7 heteroatoms. The average molecular weight is 331 g/mol. The Hall–Kier alpha value is -2.28. The third kappa shape index (κ3) is 3.79. The van der Waals surface area contributed by atoms with Crippen molar-refractivity contribution in [2.24, 2.45) is 0 Å². The van der Waals surface area contributed by atoms with Crippen LogP contribution in [0.2, 0.25) is 0 Å². The molecule has 6 nitrogen and oxygen atoms in total. The van der Waals surface area contributed by atoms with Crippen LogP contribution in [0.3, 0.4) is 0 Å². The minimum Gasteiger partial charge on any atom is -0.351 e. The van der Waals surface area contributed by atoms with Gasteiger partial charge >= 0.3 is 0 Å². The molecule has 24 heavy (non-hydrogen) atoms. The minimum atomic E-state index is -0.395. The summed E-state index contributed by atoms with van der Waals surface area (Å²) in [7, 11) is 0. The van der Waals surface area contributed by atoms with E-state index in [2.05, 4.69) is 25.4 Å². The maximum atomic E-state index is 13.6. The summed E-state index contributed by atoms with van der Waals surface area (Å²) in [6.45, 7) is 3.39. The number of fused-ring (bicyclic) bond motifs is 1. The monoisotopic (exact) mass is 331 g/mol. The van der Waals surface area contributed by atoms with Crippen molar-refractivity contribution < 1.29 is 9.18 Å². The molecule has 128 valence electrons.